The smallest absolute Gasteiger partial charge is 0.176 e. The second-order valence-corrected chi connectivity index (χ2v) is 9.15. The van der Waals surface area contributed by atoms with Crippen LogP contribution in [0.4, 0.5) is 30.2 Å². The zero-order valence-corrected chi connectivity index (χ0v) is 20.3. The summed E-state index contributed by atoms with van der Waals surface area (Å²) >= 11 is 1.46. The van der Waals surface area contributed by atoms with Crippen molar-refractivity contribution in [1.82, 2.24) is 9.55 Å². The van der Waals surface area contributed by atoms with Crippen LogP contribution in [-0.4, -0.2) is 14.8 Å². The molecule has 4 nitrogen and oxygen atoms in total. The molecule has 0 amide bonds. The summed E-state index contributed by atoms with van der Waals surface area (Å²) in [5, 5.41) is 3.14. The maximum absolute atomic E-state index is 15.4. The van der Waals surface area contributed by atoms with E-state index in [9.17, 15) is 8.78 Å². The van der Waals surface area contributed by atoms with Crippen molar-refractivity contribution in [2.75, 3.05) is 10.0 Å². The van der Waals surface area contributed by atoms with Crippen molar-refractivity contribution >= 4 is 40.0 Å². The number of fused-ring (bicyclic) bond motifs is 1. The molecular formula is C26H27F3N4S. The number of hydrogen-bond donors (Lipinski definition) is 2. The summed E-state index contributed by atoms with van der Waals surface area (Å²) in [4.78, 5) is 4.15. The van der Waals surface area contributed by atoms with Crippen molar-refractivity contribution in [2.45, 2.75) is 38.4 Å². The van der Waals surface area contributed by atoms with Gasteiger partial charge in [-0.1, -0.05) is 32.0 Å². The quantitative estimate of drug-likeness (QED) is 0.275. The van der Waals surface area contributed by atoms with Crippen molar-refractivity contribution in [2.24, 2.45) is 7.05 Å². The lowest BCUT2D eigenvalue weighted by molar-refractivity contribution is 0.625. The van der Waals surface area contributed by atoms with Crippen LogP contribution in [0, 0.1) is 24.4 Å². The first-order chi connectivity index (χ1) is 16.4. The standard InChI is InChI=1S/C24H21F3N4S.C2H6/c1-13-6-7-18(17(26)8-13)29-23-19(11-20-24(22(23)27)28-12-31(20)2)30-32-21-10-16(21)14-4-3-5-15(25)9-14;1-2/h3-9,11-12,16,21,29-30H,10H2,1-2H3;1-2H3. The number of aryl methyl sites for hydroxylation is 2. The van der Waals surface area contributed by atoms with Crippen LogP contribution in [0.3, 0.4) is 0 Å². The molecule has 4 aromatic rings. The van der Waals surface area contributed by atoms with Gasteiger partial charge in [-0.2, -0.15) is 0 Å². The van der Waals surface area contributed by atoms with E-state index in [2.05, 4.69) is 15.0 Å². The van der Waals surface area contributed by atoms with Crippen LogP contribution in [0.15, 0.2) is 54.9 Å². The normalized spacial score (nSPS) is 16.7. The van der Waals surface area contributed by atoms with Gasteiger partial charge in [-0.3, -0.25) is 0 Å². The molecule has 0 spiro atoms. The number of anilines is 3. The predicted octanol–water partition coefficient (Wildman–Crippen LogP) is 7.69. The van der Waals surface area contributed by atoms with Crippen LogP contribution in [0.1, 0.15) is 37.3 Å². The Balaban J connectivity index is 0.00000133. The van der Waals surface area contributed by atoms with Crippen LogP contribution >= 0.6 is 11.9 Å². The molecule has 1 aliphatic rings. The molecule has 3 aromatic carbocycles. The molecule has 1 heterocycles. The molecule has 2 N–H and O–H groups in total. The Kier molecular flexibility index (Phi) is 7.07. The third-order valence-corrected chi connectivity index (χ3v) is 6.84. The molecule has 0 aliphatic heterocycles. The van der Waals surface area contributed by atoms with Crippen LogP contribution < -0.4 is 10.0 Å². The van der Waals surface area contributed by atoms with Crippen molar-refractivity contribution in [3.05, 3.63) is 83.4 Å². The van der Waals surface area contributed by atoms with Gasteiger partial charge in [0.25, 0.3) is 0 Å². The number of hydrogen-bond acceptors (Lipinski definition) is 4. The Morgan fingerprint density at radius 1 is 1.03 bits per heavy atom. The topological polar surface area (TPSA) is 41.9 Å². The lowest BCUT2D eigenvalue weighted by Crippen LogP contribution is -2.03. The number of nitrogens with one attached hydrogen (secondary N) is 2. The summed E-state index contributed by atoms with van der Waals surface area (Å²) in [5.41, 5.74) is 3.38. The second kappa shape index (κ2) is 10.0. The number of rotatable bonds is 6. The van der Waals surface area contributed by atoms with E-state index in [1.165, 1.54) is 24.1 Å². The highest BCUT2D eigenvalue weighted by atomic mass is 32.2. The van der Waals surface area contributed by atoms with Gasteiger partial charge in [0.1, 0.15) is 22.8 Å². The highest BCUT2D eigenvalue weighted by Gasteiger charge is 2.39. The van der Waals surface area contributed by atoms with Crippen LogP contribution in [0.2, 0.25) is 0 Å². The molecule has 0 saturated heterocycles. The summed E-state index contributed by atoms with van der Waals surface area (Å²) in [5.74, 6) is -1.03. The maximum atomic E-state index is 15.4. The molecule has 8 heteroatoms. The largest absolute Gasteiger partial charge is 0.349 e. The number of benzene rings is 3. The molecule has 0 bridgehead atoms. The monoisotopic (exact) mass is 484 g/mol. The highest BCUT2D eigenvalue weighted by Crippen LogP contribution is 2.50. The van der Waals surface area contributed by atoms with Gasteiger partial charge in [-0.05, 0) is 72.7 Å². The number of nitrogens with zero attached hydrogens (tertiary/aromatic N) is 2. The number of imidazole rings is 1. The van der Waals surface area contributed by atoms with Crippen LogP contribution in [-0.2, 0) is 7.05 Å². The summed E-state index contributed by atoms with van der Waals surface area (Å²) < 4.78 is 48.4. The van der Waals surface area contributed by atoms with Gasteiger partial charge in [-0.15, -0.1) is 0 Å². The second-order valence-electron chi connectivity index (χ2n) is 8.10. The zero-order chi connectivity index (χ0) is 24.4. The van der Waals surface area contributed by atoms with Crippen LogP contribution in [0.5, 0.6) is 0 Å². The Labute approximate surface area is 201 Å². The van der Waals surface area contributed by atoms with E-state index < -0.39 is 11.6 Å². The number of aromatic nitrogens is 2. The van der Waals surface area contributed by atoms with Gasteiger partial charge >= 0.3 is 0 Å². The Morgan fingerprint density at radius 2 is 1.82 bits per heavy atom. The maximum Gasteiger partial charge on any atom is 0.176 e. The SMILES string of the molecule is CC.Cc1ccc(Nc2c(NSC3CC3c3cccc(F)c3)cc3c(ncn3C)c2F)c(F)c1. The lowest BCUT2D eigenvalue weighted by Gasteiger charge is -2.16. The van der Waals surface area contributed by atoms with Crippen molar-refractivity contribution in [3.63, 3.8) is 0 Å². The molecular weight excluding hydrogens is 457 g/mol. The van der Waals surface area contributed by atoms with Gasteiger partial charge in [-0.25, -0.2) is 18.2 Å². The molecule has 2 unspecified atom stereocenters. The fourth-order valence-corrected chi connectivity index (χ4v) is 4.88. The van der Waals surface area contributed by atoms with Crippen molar-refractivity contribution in [3.8, 4) is 0 Å². The van der Waals surface area contributed by atoms with Gasteiger partial charge in [0.05, 0.1) is 23.2 Å². The van der Waals surface area contributed by atoms with Gasteiger partial charge in [0, 0.05) is 12.3 Å². The number of halogens is 3. The predicted molar refractivity (Wildman–Crippen MR) is 135 cm³/mol. The highest BCUT2D eigenvalue weighted by molar-refractivity contribution is 8.01. The van der Waals surface area contributed by atoms with E-state index in [0.717, 1.165) is 17.5 Å². The summed E-state index contributed by atoms with van der Waals surface area (Å²) in [6.07, 6.45) is 2.44. The zero-order valence-electron chi connectivity index (χ0n) is 19.5. The van der Waals surface area contributed by atoms with Crippen molar-refractivity contribution < 1.29 is 13.2 Å². The molecule has 1 aliphatic carbocycles. The van der Waals surface area contributed by atoms with Gasteiger partial charge in [0.2, 0.25) is 0 Å². The summed E-state index contributed by atoms with van der Waals surface area (Å²) in [6.45, 7) is 5.79. The molecule has 1 saturated carbocycles. The molecule has 1 fully saturated rings. The Hall–Kier alpha value is -3.13. The van der Waals surface area contributed by atoms with Gasteiger partial charge < -0.3 is 14.6 Å². The first-order valence-corrected chi connectivity index (χ1v) is 12.1. The molecule has 0 radical (unpaired) electrons. The third-order valence-electron chi connectivity index (χ3n) is 5.67. The summed E-state index contributed by atoms with van der Waals surface area (Å²) in [6, 6.07) is 13.2. The fraction of sp³-hybridized carbons (Fsp3) is 0.269. The van der Waals surface area contributed by atoms with Gasteiger partial charge in [0.15, 0.2) is 5.82 Å². The van der Waals surface area contributed by atoms with E-state index in [1.54, 1.807) is 55.2 Å². The Morgan fingerprint density at radius 3 is 2.56 bits per heavy atom. The lowest BCUT2D eigenvalue weighted by atomic mass is 10.1. The van der Waals surface area contributed by atoms with E-state index in [0.29, 0.717) is 11.2 Å². The molecule has 34 heavy (non-hydrogen) atoms. The first kappa shape index (κ1) is 24.0. The summed E-state index contributed by atoms with van der Waals surface area (Å²) in [7, 11) is 1.79. The van der Waals surface area contributed by atoms with E-state index in [4.69, 9.17) is 0 Å². The van der Waals surface area contributed by atoms with E-state index in [-0.39, 0.29) is 33.9 Å². The molecule has 5 rings (SSSR count). The molecule has 178 valence electrons. The van der Waals surface area contributed by atoms with E-state index >= 15 is 4.39 Å². The first-order valence-electron chi connectivity index (χ1n) is 11.2. The van der Waals surface area contributed by atoms with Crippen molar-refractivity contribution in [1.29, 1.82) is 0 Å². The minimum atomic E-state index is -0.552. The average Bonchev–Trinajstić information content (AvgIpc) is 3.52. The van der Waals surface area contributed by atoms with Crippen LogP contribution in [0.25, 0.3) is 11.0 Å². The average molecular weight is 485 g/mol. The molecule has 1 aromatic heterocycles. The minimum absolute atomic E-state index is 0.134. The Bertz CT molecular complexity index is 1320. The third kappa shape index (κ3) is 4.87. The minimum Gasteiger partial charge on any atom is -0.349 e. The van der Waals surface area contributed by atoms with E-state index in [1.807, 2.05) is 19.9 Å². The fourth-order valence-electron chi connectivity index (χ4n) is 3.81. The molecule has 2 atom stereocenters.